The number of rotatable bonds is 4. The molecule has 0 aliphatic heterocycles. The van der Waals surface area contributed by atoms with Gasteiger partial charge in [-0.15, -0.1) is 0 Å². The van der Waals surface area contributed by atoms with Crippen LogP contribution in [0, 0.1) is 5.92 Å². The molecule has 0 saturated heterocycles. The number of carbonyl (C=O) groups is 1. The van der Waals surface area contributed by atoms with Gasteiger partial charge >= 0.3 is 0 Å². The molecular weight excluding hydrogens is 208 g/mol. The summed E-state index contributed by atoms with van der Waals surface area (Å²) in [5.41, 5.74) is 0.758. The van der Waals surface area contributed by atoms with Gasteiger partial charge in [0, 0.05) is 5.92 Å². The van der Waals surface area contributed by atoms with Crippen molar-refractivity contribution in [3.63, 3.8) is 0 Å². The van der Waals surface area contributed by atoms with Crippen molar-refractivity contribution in [2.45, 2.75) is 19.3 Å². The van der Waals surface area contributed by atoms with Crippen molar-refractivity contribution in [2.24, 2.45) is 5.92 Å². The van der Waals surface area contributed by atoms with Crippen LogP contribution in [0.4, 0.5) is 0 Å². The quantitative estimate of drug-likeness (QED) is 0.783. The molecule has 1 aliphatic rings. The molecule has 0 N–H and O–H groups in total. The van der Waals surface area contributed by atoms with Crippen LogP contribution >= 0.6 is 0 Å². The molecule has 0 spiro atoms. The van der Waals surface area contributed by atoms with Gasteiger partial charge < -0.3 is 8.94 Å². The molecule has 1 saturated carbocycles. The summed E-state index contributed by atoms with van der Waals surface area (Å²) in [5.74, 6) is 1.27. The Bertz CT molecular complexity index is 497. The average molecular weight is 218 g/mol. The normalized spacial score (nSPS) is 15.2. The highest BCUT2D eigenvalue weighted by Crippen LogP contribution is 2.30. The third kappa shape index (κ3) is 1.76. The van der Waals surface area contributed by atoms with Gasteiger partial charge in [0.25, 0.3) is 0 Å². The van der Waals surface area contributed by atoms with Crippen molar-refractivity contribution < 1.29 is 13.7 Å². The molecule has 82 valence electrons. The van der Waals surface area contributed by atoms with E-state index in [9.17, 15) is 4.79 Å². The first-order valence-corrected chi connectivity index (χ1v) is 5.21. The van der Waals surface area contributed by atoms with Gasteiger partial charge in [-0.1, -0.05) is 5.16 Å². The lowest BCUT2D eigenvalue weighted by molar-refractivity contribution is -0.119. The number of furan rings is 1. The molecule has 1 aliphatic carbocycles. The molecule has 1 fully saturated rings. The van der Waals surface area contributed by atoms with Crippen molar-refractivity contribution in [1.29, 1.82) is 0 Å². The minimum absolute atomic E-state index is 0.197. The van der Waals surface area contributed by atoms with Gasteiger partial charge in [-0.2, -0.15) is 4.98 Å². The zero-order valence-corrected chi connectivity index (χ0v) is 8.55. The van der Waals surface area contributed by atoms with Crippen LogP contribution in [0.3, 0.4) is 0 Å². The van der Waals surface area contributed by atoms with Crippen molar-refractivity contribution >= 4 is 5.78 Å². The van der Waals surface area contributed by atoms with E-state index in [2.05, 4.69) is 10.1 Å². The largest absolute Gasteiger partial charge is 0.472 e. The van der Waals surface area contributed by atoms with Crippen molar-refractivity contribution in [1.82, 2.24) is 10.1 Å². The summed E-state index contributed by atoms with van der Waals surface area (Å²) in [6.45, 7) is 0. The Hall–Kier alpha value is -1.91. The van der Waals surface area contributed by atoms with E-state index in [4.69, 9.17) is 8.94 Å². The second-order valence-corrected chi connectivity index (χ2v) is 3.94. The maximum Gasteiger partial charge on any atom is 0.234 e. The highest BCUT2D eigenvalue weighted by molar-refractivity contribution is 5.84. The second-order valence-electron chi connectivity index (χ2n) is 3.94. The zero-order valence-electron chi connectivity index (χ0n) is 8.55. The highest BCUT2D eigenvalue weighted by atomic mass is 16.5. The van der Waals surface area contributed by atoms with E-state index in [1.54, 1.807) is 12.3 Å². The van der Waals surface area contributed by atoms with Crippen LogP contribution < -0.4 is 0 Å². The fourth-order valence-corrected chi connectivity index (χ4v) is 1.53. The Kier molecular flexibility index (Phi) is 2.09. The van der Waals surface area contributed by atoms with Gasteiger partial charge in [-0.3, -0.25) is 4.79 Å². The lowest BCUT2D eigenvalue weighted by atomic mass is 10.2. The van der Waals surface area contributed by atoms with E-state index in [1.165, 1.54) is 6.26 Å². The van der Waals surface area contributed by atoms with Crippen LogP contribution in [0.15, 0.2) is 27.5 Å². The summed E-state index contributed by atoms with van der Waals surface area (Å²) in [5, 5.41) is 3.79. The lowest BCUT2D eigenvalue weighted by Crippen LogP contribution is -2.04. The Morgan fingerprint density at radius 1 is 1.50 bits per heavy atom. The zero-order chi connectivity index (χ0) is 11.0. The monoisotopic (exact) mass is 218 g/mol. The molecule has 2 aromatic rings. The molecule has 5 heteroatoms. The summed E-state index contributed by atoms with van der Waals surface area (Å²) >= 11 is 0. The lowest BCUT2D eigenvalue weighted by Gasteiger charge is -1.90. The number of hydrogen-bond acceptors (Lipinski definition) is 5. The Morgan fingerprint density at radius 3 is 3.06 bits per heavy atom. The van der Waals surface area contributed by atoms with Crippen molar-refractivity contribution in [3.8, 4) is 11.4 Å². The number of aromatic nitrogens is 2. The van der Waals surface area contributed by atoms with E-state index in [0.717, 1.165) is 18.4 Å². The smallest absolute Gasteiger partial charge is 0.234 e. The topological polar surface area (TPSA) is 69.1 Å². The maximum atomic E-state index is 11.5. The second kappa shape index (κ2) is 3.59. The van der Waals surface area contributed by atoms with E-state index in [1.807, 2.05) is 0 Å². The number of ketones is 1. The first-order valence-electron chi connectivity index (χ1n) is 5.21. The Balaban J connectivity index is 1.75. The van der Waals surface area contributed by atoms with E-state index < -0.39 is 0 Å². The van der Waals surface area contributed by atoms with E-state index in [0.29, 0.717) is 11.7 Å². The fourth-order valence-electron chi connectivity index (χ4n) is 1.53. The molecule has 2 aromatic heterocycles. The van der Waals surface area contributed by atoms with Crippen LogP contribution in [0.5, 0.6) is 0 Å². The summed E-state index contributed by atoms with van der Waals surface area (Å²) in [6.07, 6.45) is 5.33. The first kappa shape index (κ1) is 9.33. The highest BCUT2D eigenvalue weighted by Gasteiger charge is 2.30. The summed E-state index contributed by atoms with van der Waals surface area (Å²) < 4.78 is 9.93. The van der Waals surface area contributed by atoms with Crippen LogP contribution in [0.2, 0.25) is 0 Å². The fraction of sp³-hybridized carbons (Fsp3) is 0.364. The number of carbonyl (C=O) groups excluding carboxylic acids is 1. The van der Waals surface area contributed by atoms with Gasteiger partial charge in [0.1, 0.15) is 12.0 Å². The third-order valence-corrected chi connectivity index (χ3v) is 2.61. The molecular formula is C11H10N2O3. The third-order valence-electron chi connectivity index (χ3n) is 2.61. The van der Waals surface area contributed by atoms with Crippen LogP contribution in [-0.2, 0) is 11.2 Å². The van der Waals surface area contributed by atoms with Crippen molar-refractivity contribution in [3.05, 3.63) is 24.5 Å². The van der Waals surface area contributed by atoms with Gasteiger partial charge in [-0.25, -0.2) is 0 Å². The summed E-state index contributed by atoms with van der Waals surface area (Å²) in [4.78, 5) is 15.7. The molecule has 2 heterocycles. The molecule has 0 amide bonds. The number of Topliss-reactive ketones (excluding diaryl/α,β-unsaturated/α-hetero) is 1. The molecule has 0 aromatic carbocycles. The first-order chi connectivity index (χ1) is 7.83. The Morgan fingerprint density at radius 2 is 2.38 bits per heavy atom. The average Bonchev–Trinajstić information content (AvgIpc) is 2.80. The van der Waals surface area contributed by atoms with E-state index in [-0.39, 0.29) is 18.1 Å². The SMILES string of the molecule is O=C(Cc1nc(-c2ccoc2)no1)C1CC1. The number of nitrogens with zero attached hydrogens (tertiary/aromatic N) is 2. The summed E-state index contributed by atoms with van der Waals surface area (Å²) in [7, 11) is 0. The molecule has 0 atom stereocenters. The predicted octanol–water partition coefficient (Wildman–Crippen LogP) is 1.85. The van der Waals surface area contributed by atoms with Gasteiger partial charge in [0.05, 0.1) is 18.2 Å². The van der Waals surface area contributed by atoms with Gasteiger partial charge in [0.2, 0.25) is 11.7 Å². The van der Waals surface area contributed by atoms with Crippen molar-refractivity contribution in [2.75, 3.05) is 0 Å². The van der Waals surface area contributed by atoms with Crippen LogP contribution in [0.25, 0.3) is 11.4 Å². The van der Waals surface area contributed by atoms with Gasteiger partial charge in [0.15, 0.2) is 0 Å². The standard InChI is InChI=1S/C11H10N2O3/c14-9(7-1-2-7)5-10-12-11(13-16-10)8-3-4-15-6-8/h3-4,6-7H,1-2,5H2. The molecule has 3 rings (SSSR count). The molecule has 0 radical (unpaired) electrons. The molecule has 16 heavy (non-hydrogen) atoms. The van der Waals surface area contributed by atoms with Crippen LogP contribution in [0.1, 0.15) is 18.7 Å². The minimum Gasteiger partial charge on any atom is -0.472 e. The minimum atomic E-state index is 0.197. The number of hydrogen-bond donors (Lipinski definition) is 0. The molecule has 0 bridgehead atoms. The molecule has 0 unspecified atom stereocenters. The van der Waals surface area contributed by atoms with Gasteiger partial charge in [-0.05, 0) is 18.9 Å². The van der Waals surface area contributed by atoms with E-state index >= 15 is 0 Å². The molecule has 5 nitrogen and oxygen atoms in total. The Labute approximate surface area is 91.4 Å². The summed E-state index contributed by atoms with van der Waals surface area (Å²) in [6, 6.07) is 1.75. The van der Waals surface area contributed by atoms with Crippen LogP contribution in [-0.4, -0.2) is 15.9 Å². The maximum absolute atomic E-state index is 11.5. The predicted molar refractivity (Wildman–Crippen MR) is 53.4 cm³/mol.